The molecule has 0 atom stereocenters. The molecule has 0 aliphatic carbocycles. The van der Waals surface area contributed by atoms with Crippen molar-refractivity contribution in [1.29, 1.82) is 0 Å². The number of azide groups is 1. The maximum absolute atomic E-state index is 8.03. The molecule has 0 N–H and O–H groups in total. The van der Waals surface area contributed by atoms with Crippen LogP contribution in [0.15, 0.2) is 23.6 Å². The predicted molar refractivity (Wildman–Crippen MR) is 54.5 cm³/mol. The zero-order chi connectivity index (χ0) is 10.2. The number of hydrogen-bond acceptors (Lipinski definition) is 2. The van der Waals surface area contributed by atoms with Crippen LogP contribution >= 0.6 is 0 Å². The van der Waals surface area contributed by atoms with Crippen LogP contribution in [0.3, 0.4) is 0 Å². The molecule has 0 aliphatic heterocycles. The zero-order valence-electron chi connectivity index (χ0n) is 7.94. The molecule has 1 rings (SSSR count). The molecule has 0 saturated heterocycles. The van der Waals surface area contributed by atoms with E-state index in [4.69, 9.17) is 5.53 Å². The molecule has 0 aliphatic rings. The van der Waals surface area contributed by atoms with Gasteiger partial charge < -0.3 is 0 Å². The summed E-state index contributed by atoms with van der Waals surface area (Å²) in [5, 5.41) is 3.39. The van der Waals surface area contributed by atoms with Gasteiger partial charge in [0, 0.05) is 35.8 Å². The topological polar surface area (TPSA) is 61.7 Å². The lowest BCUT2D eigenvalue weighted by atomic mass is 10.1. The van der Waals surface area contributed by atoms with Crippen molar-refractivity contribution in [2.45, 2.75) is 13.3 Å². The molecule has 1 heterocycles. The molecule has 70 valence electrons. The van der Waals surface area contributed by atoms with Crippen molar-refractivity contribution in [1.82, 2.24) is 4.98 Å². The van der Waals surface area contributed by atoms with Crippen LogP contribution < -0.4 is 0 Å². The van der Waals surface area contributed by atoms with E-state index in [0.717, 1.165) is 11.1 Å². The Kier molecular flexibility index (Phi) is 4.06. The molecule has 0 unspecified atom stereocenters. The van der Waals surface area contributed by atoms with Crippen molar-refractivity contribution >= 4 is 0 Å². The largest absolute Gasteiger partial charge is 0.264 e. The first-order valence-electron chi connectivity index (χ1n) is 4.25. The average molecular weight is 186 g/mol. The molecule has 4 heteroatoms. The molecule has 4 nitrogen and oxygen atoms in total. The van der Waals surface area contributed by atoms with Crippen LogP contribution in [0.25, 0.3) is 10.4 Å². The van der Waals surface area contributed by atoms with E-state index in [-0.39, 0.29) is 0 Å². The molecule has 14 heavy (non-hydrogen) atoms. The summed E-state index contributed by atoms with van der Waals surface area (Å²) in [6.07, 6.45) is 4.08. The Morgan fingerprint density at radius 3 is 3.21 bits per heavy atom. The van der Waals surface area contributed by atoms with E-state index in [0.29, 0.717) is 13.0 Å². The first kappa shape index (κ1) is 10.1. The van der Waals surface area contributed by atoms with Gasteiger partial charge in [0.2, 0.25) is 0 Å². The Hall–Kier alpha value is -1.98. The minimum absolute atomic E-state index is 0.424. The summed E-state index contributed by atoms with van der Waals surface area (Å²) in [4.78, 5) is 6.61. The molecule has 0 saturated carbocycles. The smallest absolute Gasteiger partial charge is 0.0367 e. The first-order valence-corrected chi connectivity index (χ1v) is 4.25. The Morgan fingerprint density at radius 1 is 1.64 bits per heavy atom. The van der Waals surface area contributed by atoms with Gasteiger partial charge in [0.05, 0.1) is 0 Å². The van der Waals surface area contributed by atoms with Crippen LogP contribution in [0.4, 0.5) is 0 Å². The Balaban J connectivity index is 2.59. The van der Waals surface area contributed by atoms with Crippen LogP contribution in [0.5, 0.6) is 0 Å². The standard InChI is InChI=1S/C10H10N4/c1-9-8-12-7-5-10(9)4-2-3-6-13-14-11/h5,7-8H,3,6H2,1H3. The highest BCUT2D eigenvalue weighted by atomic mass is 15.1. The predicted octanol–water partition coefficient (Wildman–Crippen LogP) is 2.44. The van der Waals surface area contributed by atoms with Gasteiger partial charge in [-0.2, -0.15) is 0 Å². The molecule has 1 aromatic rings. The number of hydrogen-bond donors (Lipinski definition) is 0. The van der Waals surface area contributed by atoms with Crippen LogP contribution in [0, 0.1) is 18.8 Å². The van der Waals surface area contributed by atoms with Gasteiger partial charge in [-0.1, -0.05) is 17.0 Å². The SMILES string of the molecule is Cc1cnccc1C#CCCN=[N+]=[N-]. The van der Waals surface area contributed by atoms with Crippen molar-refractivity contribution < 1.29 is 0 Å². The molecule has 0 radical (unpaired) electrons. The van der Waals surface area contributed by atoms with E-state index < -0.39 is 0 Å². The number of aryl methyl sites for hydroxylation is 1. The van der Waals surface area contributed by atoms with Crippen molar-refractivity contribution in [3.8, 4) is 11.8 Å². The summed E-state index contributed by atoms with van der Waals surface area (Å²) in [6, 6.07) is 1.87. The number of aromatic nitrogens is 1. The van der Waals surface area contributed by atoms with Gasteiger partial charge in [0.25, 0.3) is 0 Å². The first-order chi connectivity index (χ1) is 6.84. The van der Waals surface area contributed by atoms with Crippen molar-refractivity contribution in [2.75, 3.05) is 6.54 Å². The van der Waals surface area contributed by atoms with E-state index in [1.54, 1.807) is 12.4 Å². The number of rotatable bonds is 2. The summed E-state index contributed by atoms with van der Waals surface area (Å²) in [7, 11) is 0. The van der Waals surface area contributed by atoms with E-state index in [1.165, 1.54) is 0 Å². The molecule has 0 fully saturated rings. The third-order valence-electron chi connectivity index (χ3n) is 1.64. The second-order valence-electron chi connectivity index (χ2n) is 2.70. The summed E-state index contributed by atoms with van der Waals surface area (Å²) in [5.74, 6) is 5.93. The molecular formula is C10H10N4. The second kappa shape index (κ2) is 5.63. The van der Waals surface area contributed by atoms with Crippen molar-refractivity contribution in [2.24, 2.45) is 5.11 Å². The lowest BCUT2D eigenvalue weighted by molar-refractivity contribution is 1.01. The van der Waals surface area contributed by atoms with Crippen molar-refractivity contribution in [3.63, 3.8) is 0 Å². The summed E-state index contributed by atoms with van der Waals surface area (Å²) in [5.41, 5.74) is 10.1. The summed E-state index contributed by atoms with van der Waals surface area (Å²) in [6.45, 7) is 2.39. The third-order valence-corrected chi connectivity index (χ3v) is 1.64. The summed E-state index contributed by atoms with van der Waals surface area (Å²) >= 11 is 0. The second-order valence-corrected chi connectivity index (χ2v) is 2.70. The van der Waals surface area contributed by atoms with Crippen LogP contribution in [0.2, 0.25) is 0 Å². The van der Waals surface area contributed by atoms with E-state index >= 15 is 0 Å². The van der Waals surface area contributed by atoms with Gasteiger partial charge in [-0.15, -0.1) is 0 Å². The van der Waals surface area contributed by atoms with Gasteiger partial charge in [0.1, 0.15) is 0 Å². The summed E-state index contributed by atoms with van der Waals surface area (Å²) < 4.78 is 0. The maximum Gasteiger partial charge on any atom is 0.0367 e. The normalized spacial score (nSPS) is 8.36. The Morgan fingerprint density at radius 2 is 2.50 bits per heavy atom. The lowest BCUT2D eigenvalue weighted by Gasteiger charge is -1.93. The fourth-order valence-corrected chi connectivity index (χ4v) is 0.922. The Labute approximate surface area is 82.6 Å². The average Bonchev–Trinajstić information content (AvgIpc) is 2.20. The highest BCUT2D eigenvalue weighted by Crippen LogP contribution is 2.02. The monoisotopic (exact) mass is 186 g/mol. The molecule has 0 spiro atoms. The van der Waals surface area contributed by atoms with Gasteiger partial charge in [-0.25, -0.2) is 0 Å². The van der Waals surface area contributed by atoms with E-state index in [2.05, 4.69) is 26.9 Å². The lowest BCUT2D eigenvalue weighted by Crippen LogP contribution is -1.83. The van der Waals surface area contributed by atoms with Gasteiger partial charge in [-0.3, -0.25) is 4.98 Å². The fourth-order valence-electron chi connectivity index (χ4n) is 0.922. The minimum Gasteiger partial charge on any atom is -0.264 e. The highest BCUT2D eigenvalue weighted by molar-refractivity contribution is 5.38. The van der Waals surface area contributed by atoms with Gasteiger partial charge in [-0.05, 0) is 24.1 Å². The van der Waals surface area contributed by atoms with Gasteiger partial charge >= 0.3 is 0 Å². The molecule has 1 aromatic heterocycles. The fraction of sp³-hybridized carbons (Fsp3) is 0.300. The van der Waals surface area contributed by atoms with Crippen LogP contribution in [-0.4, -0.2) is 11.5 Å². The highest BCUT2D eigenvalue weighted by Gasteiger charge is 1.90. The minimum atomic E-state index is 0.424. The molecule has 0 aromatic carbocycles. The maximum atomic E-state index is 8.03. The van der Waals surface area contributed by atoms with Crippen molar-refractivity contribution in [3.05, 3.63) is 40.0 Å². The van der Waals surface area contributed by atoms with Crippen LogP contribution in [-0.2, 0) is 0 Å². The van der Waals surface area contributed by atoms with E-state index in [1.807, 2.05) is 13.0 Å². The zero-order valence-corrected chi connectivity index (χ0v) is 7.94. The molecule has 0 amide bonds. The van der Waals surface area contributed by atoms with Gasteiger partial charge in [0.15, 0.2) is 0 Å². The Bertz CT molecular complexity index is 408. The molecular weight excluding hydrogens is 176 g/mol. The third kappa shape index (κ3) is 3.18. The number of pyridine rings is 1. The van der Waals surface area contributed by atoms with Crippen LogP contribution in [0.1, 0.15) is 17.5 Å². The van der Waals surface area contributed by atoms with E-state index in [9.17, 15) is 0 Å². The quantitative estimate of drug-likeness (QED) is 0.230. The number of nitrogens with zero attached hydrogens (tertiary/aromatic N) is 4. The molecule has 0 bridgehead atoms.